The quantitative estimate of drug-likeness (QED) is 0.920. The molecule has 0 amide bonds. The highest BCUT2D eigenvalue weighted by atomic mass is 16.5. The Morgan fingerprint density at radius 1 is 1.20 bits per heavy atom. The molecule has 1 atom stereocenters. The van der Waals surface area contributed by atoms with E-state index in [0.29, 0.717) is 12.0 Å². The number of piperazine rings is 1. The molecule has 4 nitrogen and oxygen atoms in total. The minimum Gasteiger partial charge on any atom is -0.464 e. The molecule has 2 fully saturated rings. The van der Waals surface area contributed by atoms with Crippen molar-refractivity contribution in [3.8, 4) is 0 Å². The Hall–Kier alpha value is -0.840. The van der Waals surface area contributed by atoms with Gasteiger partial charge < -0.3 is 14.5 Å². The van der Waals surface area contributed by atoms with Crippen molar-refractivity contribution >= 4 is 0 Å². The standard InChI is InChI=1S/C16H26N2O2/c1-12-11-15(20-13(12)2)16(14-3-9-19-10-4-14)18-7-5-17-6-8-18/h11,14,16-17H,3-10H2,1-2H3/t16-/m0/s1. The molecule has 3 heterocycles. The number of nitrogens with zero attached hydrogens (tertiary/aromatic N) is 1. The lowest BCUT2D eigenvalue weighted by Crippen LogP contribution is -2.47. The number of aryl methyl sites for hydroxylation is 2. The fraction of sp³-hybridized carbons (Fsp3) is 0.750. The van der Waals surface area contributed by atoms with Crippen LogP contribution < -0.4 is 5.32 Å². The van der Waals surface area contributed by atoms with E-state index in [2.05, 4.69) is 30.1 Å². The maximum Gasteiger partial charge on any atom is 0.121 e. The van der Waals surface area contributed by atoms with Crippen LogP contribution in [0.1, 0.15) is 36.0 Å². The van der Waals surface area contributed by atoms with E-state index in [-0.39, 0.29) is 0 Å². The van der Waals surface area contributed by atoms with Gasteiger partial charge in [-0.3, -0.25) is 4.90 Å². The van der Waals surface area contributed by atoms with E-state index in [4.69, 9.17) is 9.15 Å². The first-order valence-corrected chi connectivity index (χ1v) is 7.85. The fourth-order valence-electron chi connectivity index (χ4n) is 3.45. The van der Waals surface area contributed by atoms with Crippen LogP contribution in [0.25, 0.3) is 0 Å². The van der Waals surface area contributed by atoms with Gasteiger partial charge in [0.05, 0.1) is 6.04 Å². The molecule has 0 unspecified atom stereocenters. The van der Waals surface area contributed by atoms with E-state index in [9.17, 15) is 0 Å². The predicted molar refractivity (Wildman–Crippen MR) is 78.9 cm³/mol. The Kier molecular flexibility index (Phi) is 4.44. The number of rotatable bonds is 3. The molecule has 0 bridgehead atoms. The summed E-state index contributed by atoms with van der Waals surface area (Å²) in [7, 11) is 0. The van der Waals surface area contributed by atoms with Gasteiger partial charge in [0, 0.05) is 39.4 Å². The van der Waals surface area contributed by atoms with Crippen LogP contribution >= 0.6 is 0 Å². The third-order valence-electron chi connectivity index (χ3n) is 4.73. The zero-order valence-corrected chi connectivity index (χ0v) is 12.7. The van der Waals surface area contributed by atoms with Gasteiger partial charge in [0.2, 0.25) is 0 Å². The molecule has 0 aromatic carbocycles. The summed E-state index contributed by atoms with van der Waals surface area (Å²) in [5, 5.41) is 3.44. The number of furan rings is 1. The smallest absolute Gasteiger partial charge is 0.121 e. The van der Waals surface area contributed by atoms with Crippen LogP contribution in [0, 0.1) is 19.8 Å². The molecule has 3 rings (SSSR count). The SMILES string of the molecule is Cc1cc([C@H](C2CCOCC2)N2CCNCC2)oc1C. The Bertz CT molecular complexity index is 394. The third kappa shape index (κ3) is 2.92. The van der Waals surface area contributed by atoms with E-state index in [1.54, 1.807) is 0 Å². The van der Waals surface area contributed by atoms with Gasteiger partial charge in [-0.15, -0.1) is 0 Å². The molecule has 2 aliphatic heterocycles. The molecule has 2 aliphatic rings. The van der Waals surface area contributed by atoms with Gasteiger partial charge in [0.25, 0.3) is 0 Å². The van der Waals surface area contributed by atoms with Crippen LogP contribution in [0.5, 0.6) is 0 Å². The van der Waals surface area contributed by atoms with Crippen molar-refractivity contribution in [2.45, 2.75) is 32.7 Å². The number of ether oxygens (including phenoxy) is 1. The molecular weight excluding hydrogens is 252 g/mol. The van der Waals surface area contributed by atoms with Crippen molar-refractivity contribution in [2.24, 2.45) is 5.92 Å². The normalized spacial score (nSPS) is 23.9. The summed E-state index contributed by atoms with van der Waals surface area (Å²) < 4.78 is 11.6. The summed E-state index contributed by atoms with van der Waals surface area (Å²) in [5.41, 5.74) is 1.27. The van der Waals surface area contributed by atoms with Crippen molar-refractivity contribution in [1.82, 2.24) is 10.2 Å². The lowest BCUT2D eigenvalue weighted by atomic mass is 9.88. The van der Waals surface area contributed by atoms with Crippen molar-refractivity contribution in [3.63, 3.8) is 0 Å². The highest BCUT2D eigenvalue weighted by Gasteiger charge is 2.33. The number of nitrogens with one attached hydrogen (secondary N) is 1. The van der Waals surface area contributed by atoms with E-state index in [0.717, 1.165) is 63.8 Å². The molecule has 112 valence electrons. The lowest BCUT2D eigenvalue weighted by molar-refractivity contribution is 0.0146. The summed E-state index contributed by atoms with van der Waals surface area (Å²) in [6.45, 7) is 10.4. The molecule has 0 spiro atoms. The second-order valence-corrected chi connectivity index (χ2v) is 6.07. The number of hydrogen-bond donors (Lipinski definition) is 1. The first-order valence-electron chi connectivity index (χ1n) is 7.85. The molecule has 0 radical (unpaired) electrons. The summed E-state index contributed by atoms with van der Waals surface area (Å²) >= 11 is 0. The zero-order chi connectivity index (χ0) is 13.9. The second kappa shape index (κ2) is 6.29. The van der Waals surface area contributed by atoms with Gasteiger partial charge in [-0.2, -0.15) is 0 Å². The van der Waals surface area contributed by atoms with Gasteiger partial charge in [-0.1, -0.05) is 0 Å². The zero-order valence-electron chi connectivity index (χ0n) is 12.7. The van der Waals surface area contributed by atoms with Gasteiger partial charge in [0.1, 0.15) is 11.5 Å². The molecule has 2 saturated heterocycles. The Morgan fingerprint density at radius 2 is 1.90 bits per heavy atom. The summed E-state index contributed by atoms with van der Waals surface area (Å²) in [5.74, 6) is 2.88. The lowest BCUT2D eigenvalue weighted by Gasteiger charge is -2.39. The second-order valence-electron chi connectivity index (χ2n) is 6.07. The molecule has 1 aromatic heterocycles. The van der Waals surface area contributed by atoms with Crippen LogP contribution in [-0.2, 0) is 4.74 Å². The van der Waals surface area contributed by atoms with Crippen LogP contribution in [-0.4, -0.2) is 44.3 Å². The molecule has 1 N–H and O–H groups in total. The van der Waals surface area contributed by atoms with Crippen molar-refractivity contribution < 1.29 is 9.15 Å². The summed E-state index contributed by atoms with van der Waals surface area (Å²) in [6.07, 6.45) is 2.29. The van der Waals surface area contributed by atoms with E-state index in [1.807, 2.05) is 0 Å². The van der Waals surface area contributed by atoms with Gasteiger partial charge >= 0.3 is 0 Å². The summed E-state index contributed by atoms with van der Waals surface area (Å²) in [6, 6.07) is 2.67. The average molecular weight is 278 g/mol. The van der Waals surface area contributed by atoms with E-state index >= 15 is 0 Å². The van der Waals surface area contributed by atoms with E-state index in [1.165, 1.54) is 5.56 Å². The van der Waals surface area contributed by atoms with Crippen LogP contribution in [0.15, 0.2) is 10.5 Å². The van der Waals surface area contributed by atoms with Crippen molar-refractivity contribution in [1.29, 1.82) is 0 Å². The molecular formula is C16H26N2O2. The minimum absolute atomic E-state index is 0.424. The van der Waals surface area contributed by atoms with Crippen LogP contribution in [0.2, 0.25) is 0 Å². The van der Waals surface area contributed by atoms with Gasteiger partial charge in [-0.05, 0) is 44.2 Å². The topological polar surface area (TPSA) is 37.6 Å². The first kappa shape index (κ1) is 14.1. The van der Waals surface area contributed by atoms with Crippen LogP contribution in [0.3, 0.4) is 0 Å². The molecule has 0 saturated carbocycles. The summed E-state index contributed by atoms with van der Waals surface area (Å²) in [4.78, 5) is 2.60. The Labute approximate surface area is 121 Å². The average Bonchev–Trinajstić information content (AvgIpc) is 2.81. The highest BCUT2D eigenvalue weighted by molar-refractivity contribution is 5.21. The largest absolute Gasteiger partial charge is 0.464 e. The van der Waals surface area contributed by atoms with Crippen molar-refractivity contribution in [2.75, 3.05) is 39.4 Å². The van der Waals surface area contributed by atoms with Gasteiger partial charge in [0.15, 0.2) is 0 Å². The van der Waals surface area contributed by atoms with Gasteiger partial charge in [-0.25, -0.2) is 0 Å². The number of hydrogen-bond acceptors (Lipinski definition) is 4. The predicted octanol–water partition coefficient (Wildman–Crippen LogP) is 2.27. The van der Waals surface area contributed by atoms with E-state index < -0.39 is 0 Å². The highest BCUT2D eigenvalue weighted by Crippen LogP contribution is 2.36. The fourth-order valence-corrected chi connectivity index (χ4v) is 3.45. The minimum atomic E-state index is 0.424. The molecule has 0 aliphatic carbocycles. The first-order chi connectivity index (χ1) is 9.75. The Balaban J connectivity index is 1.85. The maximum absolute atomic E-state index is 6.08. The third-order valence-corrected chi connectivity index (χ3v) is 4.73. The van der Waals surface area contributed by atoms with Crippen LogP contribution in [0.4, 0.5) is 0 Å². The molecule has 4 heteroatoms. The van der Waals surface area contributed by atoms with Crippen molar-refractivity contribution in [3.05, 3.63) is 23.2 Å². The molecule has 20 heavy (non-hydrogen) atoms. The molecule has 1 aromatic rings. The Morgan fingerprint density at radius 3 is 2.50 bits per heavy atom. The maximum atomic E-state index is 6.08. The monoisotopic (exact) mass is 278 g/mol.